The van der Waals surface area contributed by atoms with Crippen LogP contribution in [0.15, 0.2) is 0 Å². The number of hydrogen-bond donors (Lipinski definition) is 3. The number of esters is 4. The van der Waals surface area contributed by atoms with E-state index in [4.69, 9.17) is 17.2 Å². The molecule has 0 bridgehead atoms. The minimum atomic E-state index is -1.21. The van der Waals surface area contributed by atoms with Crippen molar-refractivity contribution in [1.29, 1.82) is 0 Å². The van der Waals surface area contributed by atoms with E-state index in [-0.39, 0.29) is 18.8 Å². The highest BCUT2D eigenvalue weighted by Crippen LogP contribution is 2.07. The molecule has 10 heteroatoms. The predicted octanol–water partition coefficient (Wildman–Crippen LogP) is -0.313. The first-order valence-electron chi connectivity index (χ1n) is 8.34. The predicted molar refractivity (Wildman–Crippen MR) is 97.8 cm³/mol. The van der Waals surface area contributed by atoms with Gasteiger partial charge in [-0.1, -0.05) is 13.8 Å². The van der Waals surface area contributed by atoms with E-state index in [1.54, 1.807) is 0 Å². The van der Waals surface area contributed by atoms with E-state index in [1.807, 2.05) is 20.1 Å². The van der Waals surface area contributed by atoms with Crippen LogP contribution in [0.5, 0.6) is 0 Å². The third kappa shape index (κ3) is 10.5. The van der Waals surface area contributed by atoms with Crippen LogP contribution in [0, 0.1) is 5.92 Å². The van der Waals surface area contributed by atoms with Crippen molar-refractivity contribution in [2.75, 3.05) is 12.0 Å². The average Bonchev–Trinajstić information content (AvgIpc) is 2.56. The molecular weight excluding hydrogens is 362 g/mol. The molecule has 3 atom stereocenters. The maximum Gasteiger partial charge on any atom is 0.330 e. The van der Waals surface area contributed by atoms with Crippen LogP contribution >= 0.6 is 11.8 Å². The maximum atomic E-state index is 11.7. The molecule has 6 N–H and O–H groups in total. The van der Waals surface area contributed by atoms with Crippen molar-refractivity contribution in [3.63, 3.8) is 0 Å². The molecule has 0 aliphatic rings. The molecule has 0 spiro atoms. The maximum absolute atomic E-state index is 11.7. The van der Waals surface area contributed by atoms with Gasteiger partial charge in [-0.05, 0) is 37.2 Å². The van der Waals surface area contributed by atoms with Crippen LogP contribution in [0.1, 0.15) is 39.5 Å². The highest BCUT2D eigenvalue weighted by molar-refractivity contribution is 7.98. The zero-order valence-electron chi connectivity index (χ0n) is 15.4. The molecule has 0 aromatic heterocycles. The number of hydrogen-bond acceptors (Lipinski definition) is 10. The fourth-order valence-corrected chi connectivity index (χ4v) is 2.34. The van der Waals surface area contributed by atoms with Crippen LogP contribution in [0.2, 0.25) is 0 Å². The van der Waals surface area contributed by atoms with Gasteiger partial charge in [-0.15, -0.1) is 0 Å². The molecule has 0 aliphatic heterocycles. The Labute approximate surface area is 157 Å². The standard InChI is InChI=1S/C16H29N3O6S/c1-9(2)8-12(19)16(23)25-15(22)10(17)4-5-13(20)24-14(21)11(18)6-7-26-3/h9-12H,4-8,17-19H2,1-3H3/t10-,11-,12-/m0/s1. The molecule has 0 aromatic rings. The van der Waals surface area contributed by atoms with Gasteiger partial charge in [-0.2, -0.15) is 11.8 Å². The van der Waals surface area contributed by atoms with Gasteiger partial charge in [0.15, 0.2) is 0 Å². The summed E-state index contributed by atoms with van der Waals surface area (Å²) in [6.45, 7) is 3.75. The molecule has 150 valence electrons. The highest BCUT2D eigenvalue weighted by Gasteiger charge is 2.25. The average molecular weight is 391 g/mol. The first kappa shape index (κ1) is 24.5. The van der Waals surface area contributed by atoms with Crippen molar-refractivity contribution in [3.05, 3.63) is 0 Å². The van der Waals surface area contributed by atoms with E-state index in [2.05, 4.69) is 9.47 Å². The Morgan fingerprint density at radius 2 is 1.35 bits per heavy atom. The van der Waals surface area contributed by atoms with Crippen molar-refractivity contribution >= 4 is 35.6 Å². The van der Waals surface area contributed by atoms with Crippen LogP contribution in [0.25, 0.3) is 0 Å². The normalized spacial score (nSPS) is 14.4. The summed E-state index contributed by atoms with van der Waals surface area (Å²) in [5, 5.41) is 0. The van der Waals surface area contributed by atoms with Crippen LogP contribution < -0.4 is 17.2 Å². The van der Waals surface area contributed by atoms with Crippen molar-refractivity contribution in [2.45, 2.75) is 57.7 Å². The summed E-state index contributed by atoms with van der Waals surface area (Å²) in [6.07, 6.45) is 2.19. The molecule has 0 fully saturated rings. The second-order valence-electron chi connectivity index (χ2n) is 6.30. The van der Waals surface area contributed by atoms with Gasteiger partial charge >= 0.3 is 23.9 Å². The van der Waals surface area contributed by atoms with E-state index in [0.29, 0.717) is 18.6 Å². The molecule has 26 heavy (non-hydrogen) atoms. The zero-order valence-corrected chi connectivity index (χ0v) is 16.3. The van der Waals surface area contributed by atoms with Crippen LogP contribution in [-0.2, 0) is 28.7 Å². The van der Waals surface area contributed by atoms with Gasteiger partial charge in [0.05, 0.1) is 0 Å². The monoisotopic (exact) mass is 391 g/mol. The van der Waals surface area contributed by atoms with Crippen LogP contribution in [0.4, 0.5) is 0 Å². The molecule has 0 aromatic carbocycles. The number of nitrogens with two attached hydrogens (primary N) is 3. The van der Waals surface area contributed by atoms with Crippen LogP contribution in [0.3, 0.4) is 0 Å². The lowest BCUT2D eigenvalue weighted by Crippen LogP contribution is -2.40. The molecule has 0 amide bonds. The molecule has 0 heterocycles. The van der Waals surface area contributed by atoms with E-state index in [0.717, 1.165) is 0 Å². The third-order valence-electron chi connectivity index (χ3n) is 3.34. The van der Waals surface area contributed by atoms with Gasteiger partial charge in [0, 0.05) is 6.42 Å². The second kappa shape index (κ2) is 12.8. The number of carbonyl (C=O) groups excluding carboxylic acids is 4. The lowest BCUT2D eigenvalue weighted by Gasteiger charge is -2.14. The fourth-order valence-electron chi connectivity index (χ4n) is 1.85. The Balaban J connectivity index is 4.24. The number of rotatable bonds is 11. The van der Waals surface area contributed by atoms with Gasteiger partial charge in [0.2, 0.25) is 0 Å². The van der Waals surface area contributed by atoms with E-state index >= 15 is 0 Å². The van der Waals surface area contributed by atoms with E-state index in [1.165, 1.54) is 11.8 Å². The summed E-state index contributed by atoms with van der Waals surface area (Å²) in [4.78, 5) is 46.6. The quantitative estimate of drug-likeness (QED) is 0.314. The molecule has 0 aliphatic carbocycles. The number of ether oxygens (including phenoxy) is 2. The first-order valence-corrected chi connectivity index (χ1v) is 9.73. The minimum absolute atomic E-state index is 0.141. The molecule has 0 rings (SSSR count). The highest BCUT2D eigenvalue weighted by atomic mass is 32.2. The van der Waals surface area contributed by atoms with Gasteiger partial charge in [-0.3, -0.25) is 4.79 Å². The largest absolute Gasteiger partial charge is 0.392 e. The summed E-state index contributed by atoms with van der Waals surface area (Å²) in [5.41, 5.74) is 16.8. The topological polar surface area (TPSA) is 165 Å². The Morgan fingerprint density at radius 1 is 0.846 bits per heavy atom. The van der Waals surface area contributed by atoms with Crippen molar-refractivity contribution in [2.24, 2.45) is 23.1 Å². The number of carbonyl (C=O) groups is 4. The Bertz CT molecular complexity index is 500. The molecule has 0 unspecified atom stereocenters. The van der Waals surface area contributed by atoms with Crippen molar-refractivity contribution < 1.29 is 28.7 Å². The molecular formula is C16H29N3O6S. The summed E-state index contributed by atoms with van der Waals surface area (Å²) in [6, 6.07) is -3.01. The Kier molecular flexibility index (Phi) is 12.1. The SMILES string of the molecule is CSCC[C@H](N)C(=O)OC(=O)CC[C@H](N)C(=O)OC(=O)[C@@H](N)CC(C)C. The Morgan fingerprint density at radius 3 is 1.88 bits per heavy atom. The van der Waals surface area contributed by atoms with Crippen molar-refractivity contribution in [1.82, 2.24) is 0 Å². The minimum Gasteiger partial charge on any atom is -0.392 e. The second-order valence-corrected chi connectivity index (χ2v) is 7.29. The number of thioether (sulfide) groups is 1. The molecule has 0 saturated carbocycles. The summed E-state index contributed by atoms with van der Waals surface area (Å²) < 4.78 is 9.20. The Hall–Kier alpha value is -1.49. The van der Waals surface area contributed by atoms with E-state index in [9.17, 15) is 19.2 Å². The summed E-state index contributed by atoms with van der Waals surface area (Å²) in [7, 11) is 0. The van der Waals surface area contributed by atoms with Gasteiger partial charge < -0.3 is 26.7 Å². The lowest BCUT2D eigenvalue weighted by atomic mass is 10.0. The fraction of sp³-hybridized carbons (Fsp3) is 0.750. The van der Waals surface area contributed by atoms with E-state index < -0.39 is 42.0 Å². The molecule has 0 saturated heterocycles. The molecule has 0 radical (unpaired) electrons. The van der Waals surface area contributed by atoms with Crippen LogP contribution in [-0.4, -0.2) is 54.0 Å². The first-order chi connectivity index (χ1) is 12.1. The van der Waals surface area contributed by atoms with Gasteiger partial charge in [0.25, 0.3) is 0 Å². The molecule has 9 nitrogen and oxygen atoms in total. The lowest BCUT2D eigenvalue weighted by molar-refractivity contribution is -0.161. The third-order valence-corrected chi connectivity index (χ3v) is 3.99. The summed E-state index contributed by atoms with van der Waals surface area (Å²) >= 11 is 1.52. The zero-order chi connectivity index (χ0) is 20.3. The van der Waals surface area contributed by atoms with Gasteiger partial charge in [-0.25, -0.2) is 14.4 Å². The smallest absolute Gasteiger partial charge is 0.330 e. The summed E-state index contributed by atoms with van der Waals surface area (Å²) in [5.74, 6) is -2.69. The van der Waals surface area contributed by atoms with Gasteiger partial charge in [0.1, 0.15) is 18.1 Å². The van der Waals surface area contributed by atoms with Crippen molar-refractivity contribution in [3.8, 4) is 0 Å².